The van der Waals surface area contributed by atoms with E-state index >= 15 is 0 Å². The molecule has 0 bridgehead atoms. The van der Waals surface area contributed by atoms with Crippen LogP contribution in [0.1, 0.15) is 18.5 Å². The summed E-state index contributed by atoms with van der Waals surface area (Å²) in [6.07, 6.45) is 0. The van der Waals surface area contributed by atoms with Crippen molar-refractivity contribution in [3.05, 3.63) is 53.2 Å². The van der Waals surface area contributed by atoms with Crippen molar-refractivity contribution in [2.45, 2.75) is 13.0 Å². The zero-order valence-electron chi connectivity index (χ0n) is 17.4. The topological polar surface area (TPSA) is 68.3 Å². The van der Waals surface area contributed by atoms with Gasteiger partial charge in [-0.25, -0.2) is 9.59 Å². The van der Waals surface area contributed by atoms with Gasteiger partial charge < -0.3 is 24.0 Å². The maximum atomic E-state index is 12.9. The van der Waals surface area contributed by atoms with Crippen LogP contribution in [-0.2, 0) is 14.3 Å². The normalized spacial score (nSPS) is 17.1. The number of amides is 2. The number of hydrogen-bond acceptors (Lipinski definition) is 5. The van der Waals surface area contributed by atoms with E-state index in [-0.39, 0.29) is 12.6 Å². The number of fused-ring (bicyclic) bond motifs is 1. The molecule has 2 aromatic rings. The average Bonchev–Trinajstić information content (AvgIpc) is 2.73. The van der Waals surface area contributed by atoms with Crippen molar-refractivity contribution in [1.82, 2.24) is 9.80 Å². The van der Waals surface area contributed by atoms with E-state index in [9.17, 15) is 9.59 Å². The lowest BCUT2D eigenvalue weighted by Crippen LogP contribution is -2.47. The van der Waals surface area contributed by atoms with E-state index in [1.54, 1.807) is 40.1 Å². The summed E-state index contributed by atoms with van der Waals surface area (Å²) in [6.45, 7) is 2.22. The number of carbonyl (C=O) groups excluding carboxylic acids is 2. The number of methoxy groups -OCH3 is 2. The average molecular weight is 398 g/mol. The Morgan fingerprint density at radius 2 is 1.72 bits per heavy atom. The summed E-state index contributed by atoms with van der Waals surface area (Å²) in [7, 11) is 6.52. The SMILES string of the molecule is COCCOC(=O)C1=C(C)N(C)C(=O)N(C)[C@@H]1c1ccc2cc(OC)ccc2c1. The van der Waals surface area contributed by atoms with E-state index in [0.717, 1.165) is 22.1 Å². The van der Waals surface area contributed by atoms with Crippen molar-refractivity contribution >= 4 is 22.8 Å². The zero-order valence-corrected chi connectivity index (χ0v) is 17.4. The van der Waals surface area contributed by atoms with Gasteiger partial charge in [0.25, 0.3) is 0 Å². The quantitative estimate of drug-likeness (QED) is 0.551. The molecular formula is C22H26N2O5. The van der Waals surface area contributed by atoms with Crippen molar-refractivity contribution in [2.75, 3.05) is 41.5 Å². The second-order valence-electron chi connectivity index (χ2n) is 6.96. The van der Waals surface area contributed by atoms with Gasteiger partial charge in [-0.1, -0.05) is 18.2 Å². The maximum Gasteiger partial charge on any atom is 0.338 e. The molecule has 7 heteroatoms. The van der Waals surface area contributed by atoms with Crippen molar-refractivity contribution in [3.63, 3.8) is 0 Å². The molecule has 1 aliphatic heterocycles. The van der Waals surface area contributed by atoms with Crippen LogP contribution < -0.4 is 4.74 Å². The third kappa shape index (κ3) is 3.91. The van der Waals surface area contributed by atoms with Gasteiger partial charge in [0, 0.05) is 26.9 Å². The highest BCUT2D eigenvalue weighted by atomic mass is 16.6. The molecule has 154 valence electrons. The van der Waals surface area contributed by atoms with Crippen LogP contribution in [0.25, 0.3) is 10.8 Å². The number of benzene rings is 2. The van der Waals surface area contributed by atoms with Crippen LogP contribution in [0.3, 0.4) is 0 Å². The smallest absolute Gasteiger partial charge is 0.338 e. The van der Waals surface area contributed by atoms with Crippen LogP contribution in [-0.4, -0.2) is 63.3 Å². The lowest BCUT2D eigenvalue weighted by molar-refractivity contribution is -0.141. The van der Waals surface area contributed by atoms with Gasteiger partial charge in [0.2, 0.25) is 0 Å². The van der Waals surface area contributed by atoms with Crippen LogP contribution in [0.2, 0.25) is 0 Å². The molecule has 0 spiro atoms. The van der Waals surface area contributed by atoms with Gasteiger partial charge in [-0.2, -0.15) is 0 Å². The van der Waals surface area contributed by atoms with E-state index in [0.29, 0.717) is 17.9 Å². The summed E-state index contributed by atoms with van der Waals surface area (Å²) in [6, 6.07) is 11.0. The minimum Gasteiger partial charge on any atom is -0.497 e. The standard InChI is InChI=1S/C22H26N2O5/c1-14-19(21(25)29-11-10-27-4)20(24(3)22(26)23(14)2)17-7-6-16-13-18(28-5)9-8-15(16)12-17/h6-9,12-13,20H,10-11H2,1-5H3/t20-/m1/s1. The first-order valence-electron chi connectivity index (χ1n) is 9.34. The molecule has 1 heterocycles. The Kier molecular flexibility index (Phi) is 6.08. The first-order chi connectivity index (χ1) is 13.9. The van der Waals surface area contributed by atoms with E-state index in [1.807, 2.05) is 36.4 Å². The number of nitrogens with zero attached hydrogens (tertiary/aromatic N) is 2. The number of rotatable bonds is 6. The van der Waals surface area contributed by atoms with Gasteiger partial charge in [-0.05, 0) is 41.5 Å². The Morgan fingerprint density at radius 3 is 2.41 bits per heavy atom. The molecule has 0 aliphatic carbocycles. The second-order valence-corrected chi connectivity index (χ2v) is 6.96. The summed E-state index contributed by atoms with van der Waals surface area (Å²) in [5.41, 5.74) is 1.86. The molecular weight excluding hydrogens is 372 g/mol. The molecule has 0 saturated heterocycles. The number of hydrogen-bond donors (Lipinski definition) is 0. The Morgan fingerprint density at radius 1 is 1.03 bits per heavy atom. The fourth-order valence-electron chi connectivity index (χ4n) is 3.55. The van der Waals surface area contributed by atoms with Crippen molar-refractivity contribution < 1.29 is 23.8 Å². The summed E-state index contributed by atoms with van der Waals surface area (Å²) >= 11 is 0. The van der Waals surface area contributed by atoms with Crippen molar-refractivity contribution in [1.29, 1.82) is 0 Å². The molecule has 0 N–H and O–H groups in total. The van der Waals surface area contributed by atoms with Crippen molar-refractivity contribution in [2.24, 2.45) is 0 Å². The van der Waals surface area contributed by atoms with Crippen molar-refractivity contribution in [3.8, 4) is 5.75 Å². The number of ether oxygens (including phenoxy) is 3. The number of likely N-dealkylation sites (N-methyl/N-ethyl adjacent to an activating group) is 1. The van der Waals surface area contributed by atoms with Gasteiger partial charge in [-0.3, -0.25) is 0 Å². The first-order valence-corrected chi connectivity index (χ1v) is 9.34. The van der Waals surface area contributed by atoms with E-state index in [1.165, 1.54) is 4.90 Å². The molecule has 1 aliphatic rings. The van der Waals surface area contributed by atoms with Crippen LogP contribution in [0.5, 0.6) is 5.75 Å². The molecule has 1 atom stereocenters. The highest BCUT2D eigenvalue weighted by molar-refractivity contribution is 5.95. The molecule has 2 amide bonds. The molecule has 2 aromatic carbocycles. The highest BCUT2D eigenvalue weighted by Gasteiger charge is 2.39. The number of urea groups is 1. The fraction of sp³-hybridized carbons (Fsp3) is 0.364. The molecule has 0 fully saturated rings. The maximum absolute atomic E-state index is 12.9. The predicted octanol–water partition coefficient (Wildman–Crippen LogP) is 3.35. The third-order valence-corrected chi connectivity index (χ3v) is 5.27. The van der Waals surface area contributed by atoms with Gasteiger partial charge in [0.05, 0.1) is 25.3 Å². The van der Waals surface area contributed by atoms with E-state index < -0.39 is 12.0 Å². The van der Waals surface area contributed by atoms with Gasteiger partial charge in [0.1, 0.15) is 12.4 Å². The summed E-state index contributed by atoms with van der Waals surface area (Å²) in [5, 5.41) is 2.01. The number of esters is 1. The Labute approximate surface area is 170 Å². The van der Waals surface area contributed by atoms with Crippen LogP contribution in [0, 0.1) is 0 Å². The Balaban J connectivity index is 2.06. The Bertz CT molecular complexity index is 969. The van der Waals surface area contributed by atoms with E-state index in [2.05, 4.69) is 0 Å². The van der Waals surface area contributed by atoms with Crippen LogP contribution in [0.15, 0.2) is 47.7 Å². The number of allylic oxidation sites excluding steroid dienone is 1. The third-order valence-electron chi connectivity index (χ3n) is 5.27. The molecule has 0 unspecified atom stereocenters. The Hall–Kier alpha value is -3.06. The van der Waals surface area contributed by atoms with Crippen LogP contribution >= 0.6 is 0 Å². The molecule has 0 saturated carbocycles. The minimum absolute atomic E-state index is 0.151. The lowest BCUT2D eigenvalue weighted by Gasteiger charge is -2.39. The van der Waals surface area contributed by atoms with Gasteiger partial charge in [0.15, 0.2) is 0 Å². The monoisotopic (exact) mass is 398 g/mol. The fourth-order valence-corrected chi connectivity index (χ4v) is 3.55. The molecule has 0 radical (unpaired) electrons. The summed E-state index contributed by atoms with van der Waals surface area (Å²) in [4.78, 5) is 28.6. The second kappa shape index (κ2) is 8.53. The zero-order chi connectivity index (χ0) is 21.1. The molecule has 3 rings (SSSR count). The van der Waals surface area contributed by atoms with Gasteiger partial charge in [-0.15, -0.1) is 0 Å². The van der Waals surface area contributed by atoms with Crippen LogP contribution in [0.4, 0.5) is 4.79 Å². The first kappa shape index (κ1) is 20.7. The predicted molar refractivity (Wildman–Crippen MR) is 110 cm³/mol. The van der Waals surface area contributed by atoms with Gasteiger partial charge >= 0.3 is 12.0 Å². The summed E-state index contributed by atoms with van der Waals surface area (Å²) < 4.78 is 15.6. The molecule has 0 aromatic heterocycles. The molecule has 7 nitrogen and oxygen atoms in total. The molecule has 29 heavy (non-hydrogen) atoms. The largest absolute Gasteiger partial charge is 0.497 e. The lowest BCUT2D eigenvalue weighted by atomic mass is 9.92. The minimum atomic E-state index is -0.541. The highest BCUT2D eigenvalue weighted by Crippen LogP contribution is 2.37. The summed E-state index contributed by atoms with van der Waals surface area (Å²) in [5.74, 6) is 0.320. The number of carbonyl (C=O) groups is 2. The van der Waals surface area contributed by atoms with E-state index in [4.69, 9.17) is 14.2 Å².